The lowest BCUT2D eigenvalue weighted by Gasteiger charge is -2.38. The number of rotatable bonds is 4. The monoisotopic (exact) mass is 253 g/mol. The number of carbonyl (C=O) groups excluding carboxylic acids is 2. The van der Waals surface area contributed by atoms with Crippen LogP contribution in [0.1, 0.15) is 33.6 Å². The Hall–Kier alpha value is -1.10. The van der Waals surface area contributed by atoms with Gasteiger partial charge in [-0.1, -0.05) is 0 Å². The number of nitrogens with one attached hydrogen (secondary N) is 1. The predicted molar refractivity (Wildman–Crippen MR) is 69.1 cm³/mol. The molecule has 2 rings (SSSR count). The average Bonchev–Trinajstić information content (AvgIpc) is 3.10. The van der Waals surface area contributed by atoms with E-state index < -0.39 is 5.54 Å². The van der Waals surface area contributed by atoms with Crippen molar-refractivity contribution in [1.82, 2.24) is 15.1 Å². The maximum Gasteiger partial charge on any atom is 0.242 e. The second kappa shape index (κ2) is 4.88. The van der Waals surface area contributed by atoms with E-state index in [4.69, 9.17) is 0 Å². The van der Waals surface area contributed by atoms with Crippen molar-refractivity contribution in [2.75, 3.05) is 26.2 Å². The molecule has 0 spiro atoms. The third-order valence-corrected chi connectivity index (χ3v) is 3.75. The Balaban J connectivity index is 1.95. The van der Waals surface area contributed by atoms with Crippen molar-refractivity contribution in [3.8, 4) is 0 Å². The molecular weight excluding hydrogens is 230 g/mol. The number of likely N-dealkylation sites (N-methyl/N-ethyl adjacent to an activating group) is 1. The molecule has 5 nitrogen and oxygen atoms in total. The van der Waals surface area contributed by atoms with Crippen molar-refractivity contribution in [2.24, 2.45) is 0 Å². The quantitative estimate of drug-likeness (QED) is 0.779. The summed E-state index contributed by atoms with van der Waals surface area (Å²) in [6.45, 7) is 8.08. The molecule has 5 heteroatoms. The van der Waals surface area contributed by atoms with Gasteiger partial charge in [-0.05, 0) is 33.6 Å². The van der Waals surface area contributed by atoms with Crippen molar-refractivity contribution in [3.05, 3.63) is 0 Å². The van der Waals surface area contributed by atoms with Crippen LogP contribution in [-0.4, -0.2) is 59.4 Å². The Labute approximate surface area is 108 Å². The van der Waals surface area contributed by atoms with Gasteiger partial charge in [0.2, 0.25) is 11.8 Å². The van der Waals surface area contributed by atoms with E-state index in [1.165, 1.54) is 0 Å². The average molecular weight is 253 g/mol. The van der Waals surface area contributed by atoms with E-state index in [1.807, 2.05) is 25.7 Å². The van der Waals surface area contributed by atoms with Crippen LogP contribution in [0.4, 0.5) is 0 Å². The Morgan fingerprint density at radius 2 is 2.17 bits per heavy atom. The fraction of sp³-hybridized carbons (Fsp3) is 0.846. The first-order valence-corrected chi connectivity index (χ1v) is 6.79. The Morgan fingerprint density at radius 3 is 2.72 bits per heavy atom. The predicted octanol–water partition coefficient (Wildman–Crippen LogP) is 0.208. The van der Waals surface area contributed by atoms with Crippen molar-refractivity contribution >= 4 is 11.8 Å². The fourth-order valence-electron chi connectivity index (χ4n) is 2.51. The van der Waals surface area contributed by atoms with Crippen LogP contribution >= 0.6 is 0 Å². The number of carbonyl (C=O) groups is 2. The van der Waals surface area contributed by atoms with Gasteiger partial charge in [-0.3, -0.25) is 9.59 Å². The summed E-state index contributed by atoms with van der Waals surface area (Å²) in [5, 5.41) is 3.17. The second-order valence-electron chi connectivity index (χ2n) is 5.69. The van der Waals surface area contributed by atoms with E-state index in [0.717, 1.165) is 25.9 Å². The van der Waals surface area contributed by atoms with Crippen LogP contribution in [-0.2, 0) is 9.59 Å². The van der Waals surface area contributed by atoms with Gasteiger partial charge < -0.3 is 15.1 Å². The molecule has 1 saturated carbocycles. The molecule has 1 aliphatic carbocycles. The maximum absolute atomic E-state index is 12.2. The zero-order valence-corrected chi connectivity index (χ0v) is 11.5. The summed E-state index contributed by atoms with van der Waals surface area (Å²) in [5.41, 5.74) is -0.546. The summed E-state index contributed by atoms with van der Waals surface area (Å²) in [4.78, 5) is 28.0. The summed E-state index contributed by atoms with van der Waals surface area (Å²) in [6, 6.07) is 0.425. The molecule has 0 atom stereocenters. The molecule has 1 heterocycles. The maximum atomic E-state index is 12.2. The molecule has 0 unspecified atom stereocenters. The SMILES string of the molecule is CCN(C(=O)CN1CCNC(C)(C)C1=O)C1CC1. The molecule has 1 aliphatic heterocycles. The van der Waals surface area contributed by atoms with Crippen LogP contribution in [0.3, 0.4) is 0 Å². The second-order valence-corrected chi connectivity index (χ2v) is 5.69. The van der Waals surface area contributed by atoms with Gasteiger partial charge in [0.1, 0.15) is 0 Å². The van der Waals surface area contributed by atoms with Gasteiger partial charge in [-0.2, -0.15) is 0 Å². The standard InChI is InChI=1S/C13H23N3O2/c1-4-16(10-5-6-10)11(17)9-15-8-7-14-13(2,3)12(15)18/h10,14H,4-9H2,1-3H3. The first kappa shape index (κ1) is 13.3. The zero-order valence-electron chi connectivity index (χ0n) is 11.5. The minimum absolute atomic E-state index is 0.0222. The molecule has 0 radical (unpaired) electrons. The zero-order chi connectivity index (χ0) is 13.3. The highest BCUT2D eigenvalue weighted by atomic mass is 16.2. The lowest BCUT2D eigenvalue weighted by atomic mass is 10.0. The van der Waals surface area contributed by atoms with Gasteiger partial charge >= 0.3 is 0 Å². The Morgan fingerprint density at radius 1 is 1.50 bits per heavy atom. The molecule has 102 valence electrons. The molecule has 0 aromatic heterocycles. The molecule has 2 fully saturated rings. The highest BCUT2D eigenvalue weighted by Gasteiger charge is 2.38. The molecule has 0 aromatic carbocycles. The summed E-state index contributed by atoms with van der Waals surface area (Å²) in [6.07, 6.45) is 2.22. The molecular formula is C13H23N3O2. The van der Waals surface area contributed by atoms with Gasteiger partial charge in [0.05, 0.1) is 12.1 Å². The smallest absolute Gasteiger partial charge is 0.242 e. The molecule has 0 aromatic rings. The first-order chi connectivity index (χ1) is 8.45. The molecule has 1 saturated heterocycles. The Bertz CT molecular complexity index is 350. The van der Waals surface area contributed by atoms with E-state index in [0.29, 0.717) is 12.6 Å². The molecule has 2 aliphatic rings. The highest BCUT2D eigenvalue weighted by molar-refractivity contribution is 5.90. The van der Waals surface area contributed by atoms with Gasteiger partial charge in [-0.15, -0.1) is 0 Å². The van der Waals surface area contributed by atoms with E-state index >= 15 is 0 Å². The summed E-state index contributed by atoms with van der Waals surface area (Å²) in [5.74, 6) is 0.111. The molecule has 0 bridgehead atoms. The molecule has 1 N–H and O–H groups in total. The number of piperazine rings is 1. The first-order valence-electron chi connectivity index (χ1n) is 6.79. The van der Waals surface area contributed by atoms with Crippen molar-refractivity contribution < 1.29 is 9.59 Å². The summed E-state index contributed by atoms with van der Waals surface area (Å²) < 4.78 is 0. The number of hydrogen-bond donors (Lipinski definition) is 1. The largest absolute Gasteiger partial charge is 0.338 e. The van der Waals surface area contributed by atoms with Crippen molar-refractivity contribution in [2.45, 2.75) is 45.2 Å². The van der Waals surface area contributed by atoms with Crippen LogP contribution in [0.2, 0.25) is 0 Å². The van der Waals surface area contributed by atoms with E-state index in [-0.39, 0.29) is 18.4 Å². The van der Waals surface area contributed by atoms with Crippen LogP contribution in [0.5, 0.6) is 0 Å². The van der Waals surface area contributed by atoms with Gasteiger partial charge in [0, 0.05) is 25.7 Å². The normalized spacial score (nSPS) is 23.1. The van der Waals surface area contributed by atoms with Crippen LogP contribution in [0.25, 0.3) is 0 Å². The van der Waals surface area contributed by atoms with Crippen molar-refractivity contribution in [1.29, 1.82) is 0 Å². The Kier molecular flexibility index (Phi) is 3.61. The van der Waals surface area contributed by atoms with Gasteiger partial charge in [-0.25, -0.2) is 0 Å². The van der Waals surface area contributed by atoms with Gasteiger partial charge in [0.15, 0.2) is 0 Å². The third kappa shape index (κ3) is 2.66. The summed E-state index contributed by atoms with van der Waals surface area (Å²) in [7, 11) is 0. The topological polar surface area (TPSA) is 52.7 Å². The van der Waals surface area contributed by atoms with E-state index in [1.54, 1.807) is 4.90 Å². The van der Waals surface area contributed by atoms with Gasteiger partial charge in [0.25, 0.3) is 0 Å². The van der Waals surface area contributed by atoms with Crippen LogP contribution in [0.15, 0.2) is 0 Å². The lowest BCUT2D eigenvalue weighted by Crippen LogP contribution is -2.62. The number of hydrogen-bond acceptors (Lipinski definition) is 3. The molecule has 18 heavy (non-hydrogen) atoms. The summed E-state index contributed by atoms with van der Waals surface area (Å²) >= 11 is 0. The number of amides is 2. The minimum Gasteiger partial charge on any atom is -0.338 e. The van der Waals surface area contributed by atoms with Crippen LogP contribution in [0, 0.1) is 0 Å². The van der Waals surface area contributed by atoms with E-state index in [9.17, 15) is 9.59 Å². The van der Waals surface area contributed by atoms with E-state index in [2.05, 4.69) is 5.32 Å². The third-order valence-electron chi connectivity index (χ3n) is 3.75. The van der Waals surface area contributed by atoms with Crippen molar-refractivity contribution in [3.63, 3.8) is 0 Å². The minimum atomic E-state index is -0.546. The molecule has 2 amide bonds. The number of nitrogens with zero attached hydrogens (tertiary/aromatic N) is 2. The fourth-order valence-corrected chi connectivity index (χ4v) is 2.51. The van der Waals surface area contributed by atoms with Crippen LogP contribution < -0.4 is 5.32 Å². The highest BCUT2D eigenvalue weighted by Crippen LogP contribution is 2.26. The lowest BCUT2D eigenvalue weighted by molar-refractivity contribution is -0.146.